The summed E-state index contributed by atoms with van der Waals surface area (Å²) in [6.07, 6.45) is 2.01. The average Bonchev–Trinajstić information content (AvgIpc) is 2.04. The van der Waals surface area contributed by atoms with Gasteiger partial charge < -0.3 is 0 Å². The molecule has 0 saturated carbocycles. The summed E-state index contributed by atoms with van der Waals surface area (Å²) in [5.74, 6) is 0.514. The lowest BCUT2D eigenvalue weighted by molar-refractivity contribution is 0.251. The molecule has 0 rings (SSSR count). The number of hydrogen-bond donors (Lipinski definition) is 0. The highest BCUT2D eigenvalue weighted by atomic mass is 35.5. The SMILES string of the molecule is CCCC(C)(CCl)SN(C)C(=O)Cl. The summed E-state index contributed by atoms with van der Waals surface area (Å²) in [7, 11) is 1.65. The van der Waals surface area contributed by atoms with Crippen molar-refractivity contribution in [2.45, 2.75) is 31.4 Å². The molecule has 0 radical (unpaired) electrons. The Balaban J connectivity index is 4.17. The first-order valence-electron chi connectivity index (χ1n) is 4.13. The van der Waals surface area contributed by atoms with Crippen LogP contribution in [0.5, 0.6) is 0 Å². The Labute approximate surface area is 94.1 Å². The number of carbonyl (C=O) groups is 1. The standard InChI is InChI=1S/C8H15Cl2NOS/c1-4-5-8(2,6-9)13-11(3)7(10)12/h4-6H2,1-3H3. The maximum absolute atomic E-state index is 10.8. The van der Waals surface area contributed by atoms with Crippen LogP contribution in [0, 0.1) is 0 Å². The molecular formula is C8H15Cl2NOS. The van der Waals surface area contributed by atoms with Crippen LogP contribution in [0.4, 0.5) is 4.79 Å². The van der Waals surface area contributed by atoms with Gasteiger partial charge in [-0.3, -0.25) is 9.10 Å². The number of hydrogen-bond acceptors (Lipinski definition) is 2. The summed E-state index contributed by atoms with van der Waals surface area (Å²) in [6, 6.07) is 0. The maximum atomic E-state index is 10.8. The van der Waals surface area contributed by atoms with E-state index in [-0.39, 0.29) is 4.75 Å². The highest BCUT2D eigenvalue weighted by Gasteiger charge is 2.26. The van der Waals surface area contributed by atoms with E-state index < -0.39 is 5.37 Å². The van der Waals surface area contributed by atoms with Gasteiger partial charge in [-0.2, -0.15) is 0 Å². The highest BCUT2D eigenvalue weighted by Crippen LogP contribution is 2.33. The van der Waals surface area contributed by atoms with Crippen molar-refractivity contribution in [3.63, 3.8) is 0 Å². The number of nitrogens with zero attached hydrogens (tertiary/aromatic N) is 1. The van der Waals surface area contributed by atoms with Crippen LogP contribution in [-0.2, 0) is 0 Å². The number of carbonyl (C=O) groups excluding carboxylic acids is 1. The van der Waals surface area contributed by atoms with Crippen molar-refractivity contribution in [1.82, 2.24) is 4.31 Å². The van der Waals surface area contributed by atoms with E-state index in [1.54, 1.807) is 7.05 Å². The van der Waals surface area contributed by atoms with Crippen LogP contribution in [0.25, 0.3) is 0 Å². The Hall–Kier alpha value is 0.400. The van der Waals surface area contributed by atoms with Gasteiger partial charge in [0.05, 0.1) is 0 Å². The third-order valence-electron chi connectivity index (χ3n) is 1.67. The van der Waals surface area contributed by atoms with E-state index in [9.17, 15) is 4.79 Å². The second-order valence-electron chi connectivity index (χ2n) is 3.18. The van der Waals surface area contributed by atoms with Crippen molar-refractivity contribution in [3.05, 3.63) is 0 Å². The number of amides is 1. The molecule has 1 unspecified atom stereocenters. The lowest BCUT2D eigenvalue weighted by Gasteiger charge is -2.29. The molecule has 0 aromatic carbocycles. The Morgan fingerprint density at radius 2 is 2.15 bits per heavy atom. The molecule has 0 fully saturated rings. The maximum Gasteiger partial charge on any atom is 0.326 e. The number of alkyl halides is 1. The van der Waals surface area contributed by atoms with Gasteiger partial charge in [-0.05, 0) is 36.9 Å². The molecule has 0 aliphatic heterocycles. The monoisotopic (exact) mass is 243 g/mol. The van der Waals surface area contributed by atoms with Crippen LogP contribution >= 0.6 is 35.1 Å². The van der Waals surface area contributed by atoms with E-state index in [2.05, 4.69) is 6.92 Å². The second-order valence-corrected chi connectivity index (χ2v) is 5.48. The molecular weight excluding hydrogens is 229 g/mol. The van der Waals surface area contributed by atoms with Gasteiger partial charge >= 0.3 is 5.37 Å². The fourth-order valence-corrected chi connectivity index (χ4v) is 2.49. The molecule has 0 saturated heterocycles. The third kappa shape index (κ3) is 4.99. The van der Waals surface area contributed by atoms with Gasteiger partial charge in [-0.25, -0.2) is 0 Å². The van der Waals surface area contributed by atoms with E-state index >= 15 is 0 Å². The largest absolute Gasteiger partial charge is 0.326 e. The summed E-state index contributed by atoms with van der Waals surface area (Å²) >= 11 is 12.5. The van der Waals surface area contributed by atoms with Gasteiger partial charge in [0, 0.05) is 17.7 Å². The average molecular weight is 244 g/mol. The molecule has 13 heavy (non-hydrogen) atoms. The van der Waals surface area contributed by atoms with E-state index in [1.165, 1.54) is 16.3 Å². The molecule has 1 amide bonds. The summed E-state index contributed by atoms with van der Waals surface area (Å²) in [4.78, 5) is 10.8. The molecule has 0 aromatic heterocycles. The van der Waals surface area contributed by atoms with Gasteiger partial charge in [0.25, 0.3) is 0 Å². The van der Waals surface area contributed by atoms with Gasteiger partial charge in [-0.1, -0.05) is 13.3 Å². The van der Waals surface area contributed by atoms with Crippen molar-refractivity contribution in [3.8, 4) is 0 Å². The Kier molecular flexibility index (Phi) is 6.18. The van der Waals surface area contributed by atoms with Crippen molar-refractivity contribution in [1.29, 1.82) is 0 Å². The minimum Gasteiger partial charge on any atom is -0.275 e. The van der Waals surface area contributed by atoms with Crippen LogP contribution in [0.2, 0.25) is 0 Å². The quantitative estimate of drug-likeness (QED) is 0.318. The van der Waals surface area contributed by atoms with E-state index in [0.717, 1.165) is 12.8 Å². The zero-order valence-corrected chi connectivity index (χ0v) is 10.5. The topological polar surface area (TPSA) is 20.3 Å². The molecule has 78 valence electrons. The zero-order chi connectivity index (χ0) is 10.5. The Morgan fingerprint density at radius 1 is 1.62 bits per heavy atom. The summed E-state index contributed by atoms with van der Waals surface area (Å²) in [5, 5.41) is -0.461. The molecule has 0 aliphatic rings. The van der Waals surface area contributed by atoms with Gasteiger partial charge in [0.15, 0.2) is 0 Å². The van der Waals surface area contributed by atoms with Crippen molar-refractivity contribution >= 4 is 40.5 Å². The van der Waals surface area contributed by atoms with Crippen LogP contribution in [0.1, 0.15) is 26.7 Å². The number of halogens is 2. The molecule has 1 atom stereocenters. The number of rotatable bonds is 5. The normalized spacial score (nSPS) is 15.2. The van der Waals surface area contributed by atoms with Gasteiger partial charge in [-0.15, -0.1) is 11.6 Å². The van der Waals surface area contributed by atoms with E-state index in [0.29, 0.717) is 5.88 Å². The molecule has 0 aromatic rings. The minimum absolute atomic E-state index is 0.102. The molecule has 0 heterocycles. The first-order valence-corrected chi connectivity index (χ1v) is 5.82. The predicted octanol–water partition coefficient (Wildman–Crippen LogP) is 3.72. The summed E-state index contributed by atoms with van der Waals surface area (Å²) in [6.45, 7) is 4.12. The third-order valence-corrected chi connectivity index (χ3v) is 4.00. The Bertz CT molecular complexity index is 180. The minimum atomic E-state index is -0.461. The molecule has 0 spiro atoms. The van der Waals surface area contributed by atoms with Crippen molar-refractivity contribution in [2.75, 3.05) is 12.9 Å². The van der Waals surface area contributed by atoms with Crippen LogP contribution in [-0.4, -0.2) is 27.3 Å². The predicted molar refractivity (Wildman–Crippen MR) is 60.6 cm³/mol. The Morgan fingerprint density at radius 3 is 2.46 bits per heavy atom. The van der Waals surface area contributed by atoms with Crippen LogP contribution in [0.3, 0.4) is 0 Å². The molecule has 0 aliphatic carbocycles. The molecule has 0 bridgehead atoms. The lowest BCUT2D eigenvalue weighted by atomic mass is 10.1. The van der Waals surface area contributed by atoms with Crippen LogP contribution < -0.4 is 0 Å². The van der Waals surface area contributed by atoms with Crippen molar-refractivity contribution in [2.24, 2.45) is 0 Å². The lowest BCUT2D eigenvalue weighted by Crippen LogP contribution is -2.29. The van der Waals surface area contributed by atoms with Gasteiger partial charge in [0.1, 0.15) is 0 Å². The molecule has 0 N–H and O–H groups in total. The first-order chi connectivity index (χ1) is 5.95. The molecule has 5 heteroatoms. The zero-order valence-electron chi connectivity index (χ0n) is 8.14. The van der Waals surface area contributed by atoms with E-state index in [4.69, 9.17) is 23.2 Å². The van der Waals surface area contributed by atoms with Crippen LogP contribution in [0.15, 0.2) is 0 Å². The molecule has 2 nitrogen and oxygen atoms in total. The van der Waals surface area contributed by atoms with Gasteiger partial charge in [0.2, 0.25) is 0 Å². The fraction of sp³-hybridized carbons (Fsp3) is 0.875. The summed E-state index contributed by atoms with van der Waals surface area (Å²) in [5.41, 5.74) is 0. The highest BCUT2D eigenvalue weighted by molar-refractivity contribution is 7.99. The first kappa shape index (κ1) is 13.4. The smallest absolute Gasteiger partial charge is 0.275 e. The summed E-state index contributed by atoms with van der Waals surface area (Å²) < 4.78 is 1.31. The fourth-order valence-electron chi connectivity index (χ4n) is 1.03. The second kappa shape index (κ2) is 5.99. The van der Waals surface area contributed by atoms with Crippen molar-refractivity contribution < 1.29 is 4.79 Å². The van der Waals surface area contributed by atoms with E-state index in [1.807, 2.05) is 6.92 Å².